The van der Waals surface area contributed by atoms with Crippen molar-refractivity contribution in [2.24, 2.45) is 0 Å². The summed E-state index contributed by atoms with van der Waals surface area (Å²) >= 11 is 0. The van der Waals surface area contributed by atoms with E-state index in [-0.39, 0.29) is 0 Å². The summed E-state index contributed by atoms with van der Waals surface area (Å²) in [6.45, 7) is 8.74. The minimum Gasteiger partial charge on any atom is -0.0955 e. The van der Waals surface area contributed by atoms with Gasteiger partial charge in [-0.05, 0) is 52.4 Å². The number of hydrogen-bond acceptors (Lipinski definition) is 0. The van der Waals surface area contributed by atoms with E-state index in [0.717, 1.165) is 6.42 Å². The van der Waals surface area contributed by atoms with Gasteiger partial charge >= 0.3 is 0 Å². The van der Waals surface area contributed by atoms with Crippen LogP contribution in [0.3, 0.4) is 0 Å². The van der Waals surface area contributed by atoms with Crippen molar-refractivity contribution in [1.29, 1.82) is 0 Å². The predicted octanol–water partition coefficient (Wildman–Crippen LogP) is 7.93. The first-order valence-corrected chi connectivity index (χ1v) is 9.82. The highest BCUT2D eigenvalue weighted by Gasteiger charge is 2.14. The summed E-state index contributed by atoms with van der Waals surface area (Å²) in [4.78, 5) is 0. The summed E-state index contributed by atoms with van der Waals surface area (Å²) in [5.74, 6) is 0. The fourth-order valence-corrected chi connectivity index (χ4v) is 4.04. The number of fused-ring (bicyclic) bond motifs is 3. The Morgan fingerprint density at radius 3 is 1.88 bits per heavy atom. The molecule has 0 aromatic heterocycles. The SMILES string of the molecule is C=C(C)c1c(CCCCCCCC)c2ccccc2c2ccccc12. The molecule has 0 bridgehead atoms. The molecular weight excluding hydrogens is 300 g/mol. The van der Waals surface area contributed by atoms with Crippen molar-refractivity contribution in [3.8, 4) is 0 Å². The van der Waals surface area contributed by atoms with Crippen LogP contribution in [0.4, 0.5) is 0 Å². The lowest BCUT2D eigenvalue weighted by atomic mass is 9.86. The van der Waals surface area contributed by atoms with Crippen LogP contribution in [-0.2, 0) is 6.42 Å². The van der Waals surface area contributed by atoms with E-state index in [9.17, 15) is 0 Å². The van der Waals surface area contributed by atoms with Gasteiger partial charge < -0.3 is 0 Å². The Hall–Kier alpha value is -2.08. The first-order chi connectivity index (χ1) is 12.2. The second-order valence-electron chi connectivity index (χ2n) is 7.24. The van der Waals surface area contributed by atoms with Crippen molar-refractivity contribution in [2.75, 3.05) is 0 Å². The van der Waals surface area contributed by atoms with Crippen molar-refractivity contribution in [1.82, 2.24) is 0 Å². The van der Waals surface area contributed by atoms with E-state index in [2.05, 4.69) is 69.0 Å². The van der Waals surface area contributed by atoms with Crippen LogP contribution in [0.1, 0.15) is 63.5 Å². The van der Waals surface area contributed by atoms with Crippen molar-refractivity contribution in [3.05, 3.63) is 66.2 Å². The molecule has 25 heavy (non-hydrogen) atoms. The molecule has 130 valence electrons. The molecule has 0 aliphatic carbocycles. The van der Waals surface area contributed by atoms with E-state index in [1.165, 1.54) is 76.8 Å². The Labute approximate surface area is 152 Å². The molecule has 0 nitrogen and oxygen atoms in total. The molecule has 0 fully saturated rings. The molecule has 3 aromatic rings. The molecule has 0 aliphatic rings. The molecule has 0 radical (unpaired) electrons. The molecular formula is C25H30. The average Bonchev–Trinajstić information content (AvgIpc) is 2.64. The number of aryl methyl sites for hydroxylation is 1. The molecule has 0 N–H and O–H groups in total. The van der Waals surface area contributed by atoms with E-state index in [1.807, 2.05) is 0 Å². The van der Waals surface area contributed by atoms with Gasteiger partial charge in [0.2, 0.25) is 0 Å². The first kappa shape index (κ1) is 17.7. The third-order valence-electron chi connectivity index (χ3n) is 5.25. The molecule has 0 atom stereocenters. The molecule has 0 aliphatic heterocycles. The zero-order chi connectivity index (χ0) is 17.6. The summed E-state index contributed by atoms with van der Waals surface area (Å²) < 4.78 is 0. The fourth-order valence-electron chi connectivity index (χ4n) is 4.04. The van der Waals surface area contributed by atoms with Crippen LogP contribution in [0.5, 0.6) is 0 Å². The Kier molecular flexibility index (Phi) is 5.91. The molecule has 0 heteroatoms. The predicted molar refractivity (Wildman–Crippen MR) is 113 cm³/mol. The van der Waals surface area contributed by atoms with Crippen LogP contribution in [0.25, 0.3) is 27.1 Å². The lowest BCUT2D eigenvalue weighted by Crippen LogP contribution is -1.97. The molecule has 3 aromatic carbocycles. The minimum atomic E-state index is 1.15. The largest absolute Gasteiger partial charge is 0.0955 e. The van der Waals surface area contributed by atoms with Gasteiger partial charge in [-0.1, -0.05) is 99.7 Å². The zero-order valence-electron chi connectivity index (χ0n) is 15.8. The van der Waals surface area contributed by atoms with Crippen LogP contribution in [0.15, 0.2) is 55.1 Å². The summed E-state index contributed by atoms with van der Waals surface area (Å²) in [6, 6.07) is 17.7. The van der Waals surface area contributed by atoms with Gasteiger partial charge in [0.25, 0.3) is 0 Å². The van der Waals surface area contributed by atoms with E-state index < -0.39 is 0 Å². The highest BCUT2D eigenvalue weighted by Crippen LogP contribution is 2.36. The maximum atomic E-state index is 4.31. The molecule has 3 rings (SSSR count). The standard InChI is InChI=1S/C25H30/c1-4-5-6-7-8-9-17-23-21-15-11-10-14-20(21)22-16-12-13-18-24(22)25(23)19(2)3/h10-16,18H,2,4-9,17H2,1,3H3. The maximum Gasteiger partial charge on any atom is -0.00991 e. The van der Waals surface area contributed by atoms with E-state index >= 15 is 0 Å². The quantitative estimate of drug-likeness (QED) is 0.290. The summed E-state index contributed by atoms with van der Waals surface area (Å²) in [5, 5.41) is 5.49. The number of rotatable bonds is 8. The van der Waals surface area contributed by atoms with Gasteiger partial charge in [0.1, 0.15) is 0 Å². The third kappa shape index (κ3) is 3.79. The van der Waals surface area contributed by atoms with Gasteiger partial charge in [-0.2, -0.15) is 0 Å². The highest BCUT2D eigenvalue weighted by atomic mass is 14.2. The molecule has 0 heterocycles. The molecule has 0 spiro atoms. The molecule has 0 saturated heterocycles. The van der Waals surface area contributed by atoms with Crippen molar-refractivity contribution < 1.29 is 0 Å². The Balaban J connectivity index is 2.02. The third-order valence-corrected chi connectivity index (χ3v) is 5.25. The van der Waals surface area contributed by atoms with Crippen LogP contribution >= 0.6 is 0 Å². The van der Waals surface area contributed by atoms with E-state index in [4.69, 9.17) is 0 Å². The minimum absolute atomic E-state index is 1.15. The zero-order valence-corrected chi connectivity index (χ0v) is 15.8. The van der Waals surface area contributed by atoms with Crippen molar-refractivity contribution in [3.63, 3.8) is 0 Å². The van der Waals surface area contributed by atoms with Gasteiger partial charge in [-0.25, -0.2) is 0 Å². The maximum absolute atomic E-state index is 4.31. The Morgan fingerprint density at radius 1 is 0.720 bits per heavy atom. The lowest BCUT2D eigenvalue weighted by molar-refractivity contribution is 0.608. The van der Waals surface area contributed by atoms with Gasteiger partial charge in [-0.15, -0.1) is 0 Å². The lowest BCUT2D eigenvalue weighted by Gasteiger charge is -2.18. The second-order valence-corrected chi connectivity index (χ2v) is 7.24. The summed E-state index contributed by atoms with van der Waals surface area (Å²) in [5.41, 5.74) is 4.06. The monoisotopic (exact) mass is 330 g/mol. The van der Waals surface area contributed by atoms with Crippen molar-refractivity contribution >= 4 is 27.1 Å². The molecule has 0 unspecified atom stereocenters. The van der Waals surface area contributed by atoms with Crippen molar-refractivity contribution in [2.45, 2.75) is 58.8 Å². The molecule has 0 saturated carbocycles. The van der Waals surface area contributed by atoms with Gasteiger partial charge in [0, 0.05) is 0 Å². The van der Waals surface area contributed by atoms with Crippen LogP contribution < -0.4 is 0 Å². The van der Waals surface area contributed by atoms with E-state index in [1.54, 1.807) is 0 Å². The number of benzene rings is 3. The second kappa shape index (κ2) is 8.34. The topological polar surface area (TPSA) is 0 Å². The smallest absolute Gasteiger partial charge is 0.00991 e. The number of hydrogen-bond donors (Lipinski definition) is 0. The van der Waals surface area contributed by atoms with Crippen LogP contribution in [0.2, 0.25) is 0 Å². The average molecular weight is 331 g/mol. The first-order valence-electron chi connectivity index (χ1n) is 9.82. The Morgan fingerprint density at radius 2 is 1.24 bits per heavy atom. The van der Waals surface area contributed by atoms with E-state index in [0.29, 0.717) is 0 Å². The molecule has 0 amide bonds. The summed E-state index contributed by atoms with van der Waals surface area (Å²) in [7, 11) is 0. The number of allylic oxidation sites excluding steroid dienone is 1. The number of unbranched alkanes of at least 4 members (excludes halogenated alkanes) is 5. The highest BCUT2D eigenvalue weighted by molar-refractivity contribution is 6.13. The van der Waals surface area contributed by atoms with Gasteiger partial charge in [0.15, 0.2) is 0 Å². The normalized spacial score (nSPS) is 11.3. The fraction of sp³-hybridized carbons (Fsp3) is 0.360. The van der Waals surface area contributed by atoms with Crippen LogP contribution in [0, 0.1) is 0 Å². The van der Waals surface area contributed by atoms with Gasteiger partial charge in [-0.3, -0.25) is 0 Å². The van der Waals surface area contributed by atoms with Crippen LogP contribution in [-0.4, -0.2) is 0 Å². The Bertz CT molecular complexity index is 870. The van der Waals surface area contributed by atoms with Gasteiger partial charge in [0.05, 0.1) is 0 Å². The summed E-state index contributed by atoms with van der Waals surface area (Å²) in [6.07, 6.45) is 9.18.